The van der Waals surface area contributed by atoms with E-state index in [1.165, 1.54) is 17.5 Å². The predicted molar refractivity (Wildman–Crippen MR) is 101 cm³/mol. The predicted octanol–water partition coefficient (Wildman–Crippen LogP) is 3.94. The van der Waals surface area contributed by atoms with Crippen LogP contribution in [-0.2, 0) is 6.42 Å². The number of allylic oxidation sites excluding steroid dienone is 1. The molecule has 2 bridgehead atoms. The van der Waals surface area contributed by atoms with Crippen molar-refractivity contribution in [1.82, 2.24) is 9.97 Å². The molecule has 3 saturated carbocycles. The highest BCUT2D eigenvalue weighted by Gasteiger charge is 2.55. The zero-order valence-corrected chi connectivity index (χ0v) is 14.8. The molecule has 0 unspecified atom stereocenters. The molecule has 1 aromatic carbocycles. The average molecular weight is 353 g/mol. The molecule has 3 N–H and O–H groups in total. The van der Waals surface area contributed by atoms with Crippen LogP contribution in [0.3, 0.4) is 0 Å². The van der Waals surface area contributed by atoms with E-state index >= 15 is 0 Å². The Kier molecular flexibility index (Phi) is 3.25. The van der Waals surface area contributed by atoms with Crippen molar-refractivity contribution < 1.29 is 0 Å². The number of aromatic nitrogens is 2. The fourth-order valence-electron chi connectivity index (χ4n) is 4.94. The van der Waals surface area contributed by atoms with Gasteiger partial charge in [0, 0.05) is 16.7 Å². The number of rotatable bonds is 3. The van der Waals surface area contributed by atoms with Crippen LogP contribution in [0.15, 0.2) is 36.5 Å². The normalized spacial score (nSPS) is 29.6. The summed E-state index contributed by atoms with van der Waals surface area (Å²) in [4.78, 5) is 9.21. The molecular weight excluding hydrogens is 332 g/mol. The largest absolute Gasteiger partial charge is 0.349 e. The molecule has 5 heteroatoms. The summed E-state index contributed by atoms with van der Waals surface area (Å²) in [5.74, 6) is 0.661. The molecule has 2 aromatic rings. The number of nitrogens with zero attached hydrogens (tertiary/aromatic N) is 2. The molecule has 4 aliphatic carbocycles. The lowest BCUT2D eigenvalue weighted by molar-refractivity contribution is 0.0621. The van der Waals surface area contributed by atoms with Crippen LogP contribution in [0.5, 0.6) is 0 Å². The first kappa shape index (κ1) is 15.4. The van der Waals surface area contributed by atoms with E-state index in [1.807, 2.05) is 0 Å². The summed E-state index contributed by atoms with van der Waals surface area (Å²) in [5, 5.41) is 4.17. The maximum atomic E-state index is 6.44. The van der Waals surface area contributed by atoms with Crippen LogP contribution in [0, 0.1) is 0 Å². The Labute approximate surface area is 152 Å². The van der Waals surface area contributed by atoms with E-state index < -0.39 is 0 Å². The molecule has 6 rings (SSSR count). The number of hydrogen-bond donors (Lipinski definition) is 2. The van der Waals surface area contributed by atoms with Crippen molar-refractivity contribution in [3.05, 3.63) is 58.4 Å². The summed E-state index contributed by atoms with van der Waals surface area (Å²) < 4.78 is 0. The van der Waals surface area contributed by atoms with Crippen LogP contribution < -0.4 is 11.1 Å². The lowest BCUT2D eigenvalue weighted by Crippen LogP contribution is -2.68. The molecule has 4 aliphatic rings. The zero-order valence-electron chi connectivity index (χ0n) is 14.1. The van der Waals surface area contributed by atoms with Gasteiger partial charge in [-0.2, -0.15) is 0 Å². The molecule has 0 spiro atoms. The van der Waals surface area contributed by atoms with Crippen molar-refractivity contribution in [1.29, 1.82) is 0 Å². The van der Waals surface area contributed by atoms with Gasteiger partial charge in [-0.05, 0) is 49.7 Å². The molecule has 1 heterocycles. The van der Waals surface area contributed by atoms with Gasteiger partial charge < -0.3 is 11.1 Å². The van der Waals surface area contributed by atoms with Gasteiger partial charge in [-0.15, -0.1) is 0 Å². The summed E-state index contributed by atoms with van der Waals surface area (Å²) in [7, 11) is 0. The third-order valence-electron chi connectivity index (χ3n) is 5.92. The summed E-state index contributed by atoms with van der Waals surface area (Å²) in [6.45, 7) is 0. The average Bonchev–Trinajstić information content (AvgIpc) is 2.99. The molecule has 25 heavy (non-hydrogen) atoms. The summed E-state index contributed by atoms with van der Waals surface area (Å²) in [6, 6.07) is 8.42. The van der Waals surface area contributed by atoms with E-state index in [0.717, 1.165) is 43.4 Å². The second kappa shape index (κ2) is 5.29. The number of hydrogen-bond acceptors (Lipinski definition) is 4. The van der Waals surface area contributed by atoms with Crippen molar-refractivity contribution in [3.8, 4) is 0 Å². The zero-order chi connectivity index (χ0) is 17.1. The highest BCUT2D eigenvalue weighted by atomic mass is 35.5. The van der Waals surface area contributed by atoms with E-state index in [0.29, 0.717) is 11.0 Å². The second-order valence-electron chi connectivity index (χ2n) is 7.84. The maximum absolute atomic E-state index is 6.44. The summed E-state index contributed by atoms with van der Waals surface area (Å²) >= 11 is 6.44. The second-order valence-corrected chi connectivity index (χ2v) is 8.25. The number of benzene rings is 1. The molecule has 1 aromatic heterocycles. The van der Waals surface area contributed by atoms with Gasteiger partial charge in [0.2, 0.25) is 5.95 Å². The lowest BCUT2D eigenvalue weighted by Gasteiger charge is -2.59. The molecule has 0 atom stereocenters. The van der Waals surface area contributed by atoms with E-state index in [2.05, 4.69) is 40.6 Å². The topological polar surface area (TPSA) is 63.8 Å². The first-order valence-corrected chi connectivity index (χ1v) is 9.32. The van der Waals surface area contributed by atoms with Gasteiger partial charge in [-0.25, -0.2) is 9.97 Å². The fraction of sp³-hybridized carbons (Fsp3) is 0.400. The van der Waals surface area contributed by atoms with E-state index in [9.17, 15) is 0 Å². The molecular formula is C20H21ClN4. The van der Waals surface area contributed by atoms with Crippen LogP contribution in [0.2, 0.25) is 5.02 Å². The summed E-state index contributed by atoms with van der Waals surface area (Å²) in [5.41, 5.74) is 10.9. The van der Waals surface area contributed by atoms with Crippen molar-refractivity contribution in [3.63, 3.8) is 0 Å². The van der Waals surface area contributed by atoms with Gasteiger partial charge >= 0.3 is 0 Å². The first-order valence-electron chi connectivity index (χ1n) is 8.94. The molecule has 0 aliphatic heterocycles. The lowest BCUT2D eigenvalue weighted by atomic mass is 9.55. The smallest absolute Gasteiger partial charge is 0.223 e. The standard InChI is InChI=1S/C20H21ClN4/c21-16-10-23-18(25-20-9-3-8-19(22,11-20)12-20)24-17(16)15-7-6-13-4-1-2-5-14(13)15/h1-2,4-5,7,10H,3,6,8-9,11-12,22H2,(H,23,24,25). The Hall–Kier alpha value is -1.91. The van der Waals surface area contributed by atoms with E-state index in [4.69, 9.17) is 22.3 Å². The van der Waals surface area contributed by atoms with E-state index in [-0.39, 0.29) is 11.1 Å². The maximum Gasteiger partial charge on any atom is 0.223 e. The van der Waals surface area contributed by atoms with Crippen LogP contribution >= 0.6 is 11.6 Å². The Bertz CT molecular complexity index is 883. The van der Waals surface area contributed by atoms with Crippen molar-refractivity contribution >= 4 is 23.1 Å². The fourth-order valence-corrected chi connectivity index (χ4v) is 5.13. The van der Waals surface area contributed by atoms with Crippen LogP contribution in [0.4, 0.5) is 5.95 Å². The molecule has 4 nitrogen and oxygen atoms in total. The Morgan fingerprint density at radius 2 is 2.00 bits per heavy atom. The third kappa shape index (κ3) is 2.47. The van der Waals surface area contributed by atoms with E-state index in [1.54, 1.807) is 6.20 Å². The molecule has 0 radical (unpaired) electrons. The highest BCUT2D eigenvalue weighted by Crippen LogP contribution is 2.51. The minimum atomic E-state index is 0.0213. The van der Waals surface area contributed by atoms with Crippen LogP contribution in [0.25, 0.3) is 5.57 Å². The molecule has 128 valence electrons. The number of halogens is 1. The minimum Gasteiger partial charge on any atom is -0.349 e. The monoisotopic (exact) mass is 352 g/mol. The van der Waals surface area contributed by atoms with Crippen LogP contribution in [0.1, 0.15) is 48.9 Å². The molecule has 0 saturated heterocycles. The SMILES string of the molecule is NC12CCCC(Nc3ncc(Cl)c(C4=CCc5ccccc54)n3)(C1)C2. The summed E-state index contributed by atoms with van der Waals surface area (Å²) in [6.07, 6.45) is 10.3. The number of nitrogens with one attached hydrogen (secondary N) is 1. The van der Waals surface area contributed by atoms with Gasteiger partial charge in [0.15, 0.2) is 0 Å². The number of fused-ring (bicyclic) bond motifs is 3. The molecule has 0 amide bonds. The van der Waals surface area contributed by atoms with Crippen molar-refractivity contribution in [2.24, 2.45) is 5.73 Å². The first-order chi connectivity index (χ1) is 12.1. The van der Waals surface area contributed by atoms with Crippen LogP contribution in [-0.4, -0.2) is 21.0 Å². The Morgan fingerprint density at radius 3 is 2.84 bits per heavy atom. The highest BCUT2D eigenvalue weighted by molar-refractivity contribution is 6.32. The molecule has 3 fully saturated rings. The quantitative estimate of drug-likeness (QED) is 0.878. The van der Waals surface area contributed by atoms with Gasteiger partial charge in [0.25, 0.3) is 0 Å². The van der Waals surface area contributed by atoms with Gasteiger partial charge in [0.05, 0.1) is 16.9 Å². The minimum absolute atomic E-state index is 0.0213. The van der Waals surface area contributed by atoms with Crippen molar-refractivity contribution in [2.75, 3.05) is 5.32 Å². The van der Waals surface area contributed by atoms with Gasteiger partial charge in [0.1, 0.15) is 0 Å². The Balaban J connectivity index is 1.46. The number of nitrogens with two attached hydrogens (primary N) is 1. The van der Waals surface area contributed by atoms with Gasteiger partial charge in [-0.1, -0.05) is 41.9 Å². The van der Waals surface area contributed by atoms with Gasteiger partial charge in [-0.3, -0.25) is 0 Å². The third-order valence-corrected chi connectivity index (χ3v) is 6.20. The Morgan fingerprint density at radius 1 is 1.16 bits per heavy atom. The number of anilines is 1. The van der Waals surface area contributed by atoms with Crippen molar-refractivity contribution in [2.45, 2.75) is 49.6 Å².